The summed E-state index contributed by atoms with van der Waals surface area (Å²) in [7, 11) is -2.20. The second-order valence-corrected chi connectivity index (χ2v) is 13.4. The average molecular weight is 510 g/mol. The Labute approximate surface area is 208 Å². The van der Waals surface area contributed by atoms with Crippen LogP contribution in [0.4, 0.5) is 5.69 Å². The van der Waals surface area contributed by atoms with E-state index in [0.29, 0.717) is 29.2 Å². The van der Waals surface area contributed by atoms with Crippen LogP contribution in [0.2, 0.25) is 5.02 Å². The van der Waals surface area contributed by atoms with Gasteiger partial charge in [0.25, 0.3) is 0 Å². The topological polar surface area (TPSA) is 76.1 Å². The minimum atomic E-state index is -3.77. The van der Waals surface area contributed by atoms with E-state index < -0.39 is 21.4 Å². The third kappa shape index (κ3) is 5.38. The second-order valence-electron chi connectivity index (χ2n) is 10.9. The number of nitrogens with zero attached hydrogens (tertiary/aromatic N) is 1. The molecule has 0 bridgehead atoms. The summed E-state index contributed by atoms with van der Waals surface area (Å²) >= 11 is 5.97. The Balaban J connectivity index is 2.07. The van der Waals surface area contributed by atoms with Gasteiger partial charge >= 0.3 is 0 Å². The molecule has 0 amide bonds. The molecule has 2 aromatic rings. The highest BCUT2D eigenvalue weighted by Crippen LogP contribution is 2.44. The molecule has 34 heavy (non-hydrogen) atoms. The van der Waals surface area contributed by atoms with Crippen LogP contribution >= 0.6 is 11.6 Å². The Hall–Kier alpha value is -1.80. The Morgan fingerprint density at radius 1 is 1.06 bits per heavy atom. The van der Waals surface area contributed by atoms with Gasteiger partial charge in [0, 0.05) is 29.8 Å². The van der Waals surface area contributed by atoms with Crippen LogP contribution < -0.4 is 9.04 Å². The molecule has 3 rings (SSSR count). The highest BCUT2D eigenvalue weighted by atomic mass is 35.5. The number of sulfonamides is 1. The second kappa shape index (κ2) is 9.69. The first-order chi connectivity index (χ1) is 15.7. The normalized spacial score (nSPS) is 19.3. The van der Waals surface area contributed by atoms with Crippen LogP contribution in [-0.4, -0.2) is 39.2 Å². The molecule has 1 aliphatic rings. The summed E-state index contributed by atoms with van der Waals surface area (Å²) in [5.41, 5.74) is 2.32. The van der Waals surface area contributed by atoms with Crippen molar-refractivity contribution in [3.05, 3.63) is 58.1 Å². The monoisotopic (exact) mass is 509 g/mol. The summed E-state index contributed by atoms with van der Waals surface area (Å²) in [5, 5.41) is 11.0. The molecule has 2 unspecified atom stereocenters. The summed E-state index contributed by atoms with van der Waals surface area (Å²) in [6.45, 7) is 12.8. The minimum absolute atomic E-state index is 0.0983. The van der Waals surface area contributed by atoms with E-state index >= 15 is 0 Å². The predicted molar refractivity (Wildman–Crippen MR) is 137 cm³/mol. The zero-order chi connectivity index (χ0) is 25.5. The van der Waals surface area contributed by atoms with E-state index in [1.807, 2.05) is 12.1 Å². The smallest absolute Gasteiger partial charge is 0.241 e. The molecule has 1 aliphatic heterocycles. The van der Waals surface area contributed by atoms with E-state index in [1.165, 1.54) is 4.31 Å². The Bertz CT molecular complexity index is 1080. The van der Waals surface area contributed by atoms with Gasteiger partial charge < -0.3 is 14.6 Å². The number of halogens is 1. The van der Waals surface area contributed by atoms with Crippen molar-refractivity contribution in [1.29, 1.82) is 0 Å². The predicted octanol–water partition coefficient (Wildman–Crippen LogP) is 5.56. The quantitative estimate of drug-likeness (QED) is 0.516. The molecule has 1 heterocycles. The van der Waals surface area contributed by atoms with Gasteiger partial charge in [-0.25, -0.2) is 8.42 Å². The molecule has 0 radical (unpaired) electrons. The fraction of sp³-hybridized carbons (Fsp3) is 0.538. The van der Waals surface area contributed by atoms with Crippen molar-refractivity contribution in [1.82, 2.24) is 0 Å². The summed E-state index contributed by atoms with van der Waals surface area (Å²) in [6, 6.07) is 10.5. The first-order valence-electron chi connectivity index (χ1n) is 11.4. The van der Waals surface area contributed by atoms with Crippen LogP contribution in [0.15, 0.2) is 36.4 Å². The summed E-state index contributed by atoms with van der Waals surface area (Å²) in [4.78, 5) is 0. The molecule has 0 saturated carbocycles. The lowest BCUT2D eigenvalue weighted by Gasteiger charge is -2.32. The molecule has 2 aromatic carbocycles. The molecule has 0 spiro atoms. The lowest BCUT2D eigenvalue weighted by atomic mass is 9.77. The molecule has 8 heteroatoms. The average Bonchev–Trinajstić information content (AvgIpc) is 3.05. The van der Waals surface area contributed by atoms with Crippen molar-refractivity contribution in [2.45, 2.75) is 70.1 Å². The molecule has 2 atom stereocenters. The maximum absolute atomic E-state index is 13.5. The van der Waals surface area contributed by atoms with Gasteiger partial charge in [0.05, 0.1) is 11.8 Å². The largest absolute Gasteiger partial charge is 0.467 e. The van der Waals surface area contributed by atoms with Gasteiger partial charge in [0.2, 0.25) is 10.0 Å². The molecule has 1 fully saturated rings. The van der Waals surface area contributed by atoms with E-state index in [0.717, 1.165) is 16.9 Å². The zero-order valence-corrected chi connectivity index (χ0v) is 22.6. The minimum Gasteiger partial charge on any atom is -0.467 e. The van der Waals surface area contributed by atoms with Crippen LogP contribution in [0.1, 0.15) is 70.8 Å². The van der Waals surface area contributed by atoms with E-state index in [2.05, 4.69) is 41.5 Å². The number of aliphatic hydroxyl groups excluding tert-OH is 1. The van der Waals surface area contributed by atoms with Crippen LogP contribution in [0.5, 0.6) is 5.75 Å². The van der Waals surface area contributed by atoms with Crippen molar-refractivity contribution in [3.8, 4) is 5.75 Å². The number of ether oxygens (including phenoxy) is 2. The van der Waals surface area contributed by atoms with Gasteiger partial charge in [-0.2, -0.15) is 0 Å². The standard InChI is InChI=1S/C26H36ClNO5S/c1-25(2,3)20-14-17(15-21(26(4,5)6)24(20)33-16-32-7)23(29)22-12-13-28(34(22,30)31)19-10-8-18(27)9-11-19/h8-11,14-15,22-23,29H,12-13,16H2,1-7H3. The molecule has 1 N–H and O–H groups in total. The van der Waals surface area contributed by atoms with Crippen molar-refractivity contribution < 1.29 is 23.0 Å². The number of rotatable bonds is 6. The molecular weight excluding hydrogens is 474 g/mol. The molecule has 1 saturated heterocycles. The van der Waals surface area contributed by atoms with Crippen molar-refractivity contribution >= 4 is 27.3 Å². The maximum atomic E-state index is 13.5. The maximum Gasteiger partial charge on any atom is 0.241 e. The summed E-state index contributed by atoms with van der Waals surface area (Å²) < 4.78 is 39.5. The van der Waals surface area contributed by atoms with Crippen molar-refractivity contribution in [2.75, 3.05) is 24.8 Å². The molecule has 0 aliphatic carbocycles. The van der Waals surface area contributed by atoms with Gasteiger partial charge in [0.1, 0.15) is 11.0 Å². The molecule has 6 nitrogen and oxygen atoms in total. The van der Waals surface area contributed by atoms with Gasteiger partial charge in [-0.05, 0) is 59.2 Å². The Morgan fingerprint density at radius 3 is 2.06 bits per heavy atom. The van der Waals surface area contributed by atoms with Crippen molar-refractivity contribution in [2.24, 2.45) is 0 Å². The first-order valence-corrected chi connectivity index (χ1v) is 13.3. The summed E-state index contributed by atoms with van der Waals surface area (Å²) in [6.07, 6.45) is -0.856. The number of anilines is 1. The number of hydrogen-bond donors (Lipinski definition) is 1. The Morgan fingerprint density at radius 2 is 1.59 bits per heavy atom. The van der Waals surface area contributed by atoms with Crippen LogP contribution in [0, 0.1) is 0 Å². The van der Waals surface area contributed by atoms with E-state index in [9.17, 15) is 13.5 Å². The fourth-order valence-corrected chi connectivity index (χ4v) is 6.43. The van der Waals surface area contributed by atoms with Crippen molar-refractivity contribution in [3.63, 3.8) is 0 Å². The van der Waals surface area contributed by atoms with E-state index in [-0.39, 0.29) is 17.6 Å². The van der Waals surface area contributed by atoms with E-state index in [1.54, 1.807) is 31.4 Å². The molecular formula is C26H36ClNO5S. The number of hydrogen-bond acceptors (Lipinski definition) is 5. The van der Waals surface area contributed by atoms with Gasteiger partial charge in [0.15, 0.2) is 6.79 Å². The molecule has 188 valence electrons. The lowest BCUT2D eigenvalue weighted by molar-refractivity contribution is 0.0483. The number of benzene rings is 2. The first kappa shape index (κ1) is 26.8. The van der Waals surface area contributed by atoms with E-state index in [4.69, 9.17) is 21.1 Å². The Kier molecular flexibility index (Phi) is 7.63. The highest BCUT2D eigenvalue weighted by molar-refractivity contribution is 7.93. The van der Waals surface area contributed by atoms with Gasteiger partial charge in [-0.1, -0.05) is 53.1 Å². The zero-order valence-electron chi connectivity index (χ0n) is 21.1. The van der Waals surface area contributed by atoms with Gasteiger partial charge in [-0.15, -0.1) is 0 Å². The highest BCUT2D eigenvalue weighted by Gasteiger charge is 2.44. The number of aliphatic hydroxyl groups is 1. The molecule has 0 aromatic heterocycles. The van der Waals surface area contributed by atoms with Crippen LogP contribution in [0.25, 0.3) is 0 Å². The summed E-state index contributed by atoms with van der Waals surface area (Å²) in [5.74, 6) is 0.717. The third-order valence-electron chi connectivity index (χ3n) is 6.16. The lowest BCUT2D eigenvalue weighted by Crippen LogP contribution is -2.33. The van der Waals surface area contributed by atoms with Crippen LogP contribution in [-0.2, 0) is 25.6 Å². The SMILES string of the molecule is COCOc1c(C(C)(C)C)cc(C(O)C2CCN(c3ccc(Cl)cc3)S2(=O)=O)cc1C(C)(C)C. The van der Waals surface area contributed by atoms with Crippen LogP contribution in [0.3, 0.4) is 0 Å². The van der Waals surface area contributed by atoms with Gasteiger partial charge in [-0.3, -0.25) is 4.31 Å². The number of methoxy groups -OCH3 is 1. The third-order valence-corrected chi connectivity index (χ3v) is 8.68. The fourth-order valence-electron chi connectivity index (χ4n) is 4.31.